The Morgan fingerprint density at radius 1 is 1.21 bits per heavy atom. The second kappa shape index (κ2) is 8.44. The van der Waals surface area contributed by atoms with Crippen molar-refractivity contribution in [3.8, 4) is 0 Å². The average molecular weight is 396 g/mol. The topological polar surface area (TPSA) is 75.6 Å². The zero-order valence-corrected chi connectivity index (χ0v) is 14.1. The highest BCUT2D eigenvalue weighted by molar-refractivity contribution is 9.10. The smallest absolute Gasteiger partial charge is 0.407 e. The summed E-state index contributed by atoms with van der Waals surface area (Å²) in [4.78, 5) is 22.9. The molecule has 0 spiro atoms. The van der Waals surface area contributed by atoms with Crippen molar-refractivity contribution in [3.05, 3.63) is 69.9 Å². The monoisotopic (exact) mass is 395 g/mol. The van der Waals surface area contributed by atoms with Crippen molar-refractivity contribution in [1.29, 1.82) is 0 Å². The number of benzene rings is 2. The summed E-state index contributed by atoms with van der Waals surface area (Å²) in [5.74, 6) is -1.57. The largest absolute Gasteiger partial charge is 0.481 e. The van der Waals surface area contributed by atoms with E-state index in [-0.39, 0.29) is 17.5 Å². The van der Waals surface area contributed by atoms with E-state index < -0.39 is 23.9 Å². The third-order valence-electron chi connectivity index (χ3n) is 3.23. The number of nitrogens with one attached hydrogen (secondary N) is 1. The van der Waals surface area contributed by atoms with Crippen LogP contribution in [0.3, 0.4) is 0 Å². The minimum atomic E-state index is -1.09. The van der Waals surface area contributed by atoms with Crippen LogP contribution in [0.5, 0.6) is 0 Å². The molecular weight excluding hydrogens is 381 g/mol. The standard InChI is InChI=1S/C17H15BrFNO4/c18-13-8-12(6-7-14(13)19)15(9-16(21)22)20-17(23)24-10-11-4-2-1-3-5-11/h1-8,15H,9-10H2,(H,20,23)(H,21,22)/t15-/m0/s1. The van der Waals surface area contributed by atoms with Gasteiger partial charge in [-0.1, -0.05) is 36.4 Å². The van der Waals surface area contributed by atoms with Gasteiger partial charge in [0.1, 0.15) is 12.4 Å². The number of ether oxygens (including phenoxy) is 1. The molecule has 0 aliphatic rings. The molecule has 0 heterocycles. The molecule has 0 saturated heterocycles. The maximum atomic E-state index is 13.3. The Balaban J connectivity index is 2.03. The van der Waals surface area contributed by atoms with Crippen LogP contribution in [0.2, 0.25) is 0 Å². The molecule has 1 atom stereocenters. The lowest BCUT2D eigenvalue weighted by atomic mass is 10.0. The summed E-state index contributed by atoms with van der Waals surface area (Å²) >= 11 is 3.04. The zero-order valence-electron chi connectivity index (χ0n) is 12.5. The quantitative estimate of drug-likeness (QED) is 0.773. The van der Waals surface area contributed by atoms with E-state index in [2.05, 4.69) is 21.2 Å². The minimum Gasteiger partial charge on any atom is -0.481 e. The van der Waals surface area contributed by atoms with Crippen LogP contribution in [0.15, 0.2) is 53.0 Å². The number of amides is 1. The number of rotatable bonds is 6. The Kier molecular flexibility index (Phi) is 6.31. The van der Waals surface area contributed by atoms with Crippen molar-refractivity contribution >= 4 is 28.0 Å². The van der Waals surface area contributed by atoms with E-state index in [0.717, 1.165) is 5.56 Å². The molecule has 1 amide bonds. The first-order chi connectivity index (χ1) is 11.5. The van der Waals surface area contributed by atoms with Crippen molar-refractivity contribution in [2.24, 2.45) is 0 Å². The molecule has 5 nitrogen and oxygen atoms in total. The number of carbonyl (C=O) groups is 2. The Bertz CT molecular complexity index is 724. The van der Waals surface area contributed by atoms with Gasteiger partial charge >= 0.3 is 12.1 Å². The first kappa shape index (κ1) is 17.9. The van der Waals surface area contributed by atoms with Gasteiger partial charge in [0.15, 0.2) is 0 Å². The van der Waals surface area contributed by atoms with Crippen LogP contribution in [-0.4, -0.2) is 17.2 Å². The van der Waals surface area contributed by atoms with Crippen molar-refractivity contribution in [2.75, 3.05) is 0 Å². The van der Waals surface area contributed by atoms with Gasteiger partial charge in [0.25, 0.3) is 0 Å². The van der Waals surface area contributed by atoms with Crippen LogP contribution in [0.25, 0.3) is 0 Å². The number of alkyl carbamates (subject to hydrolysis) is 1. The van der Waals surface area contributed by atoms with Gasteiger partial charge in [-0.2, -0.15) is 0 Å². The normalized spacial score (nSPS) is 11.6. The van der Waals surface area contributed by atoms with Crippen molar-refractivity contribution in [2.45, 2.75) is 19.1 Å². The van der Waals surface area contributed by atoms with E-state index in [0.29, 0.717) is 5.56 Å². The molecule has 7 heteroatoms. The summed E-state index contributed by atoms with van der Waals surface area (Å²) in [6, 6.07) is 12.3. The number of aliphatic carboxylic acids is 1. The molecule has 2 rings (SSSR count). The van der Waals surface area contributed by atoms with Crippen LogP contribution < -0.4 is 5.32 Å². The molecule has 0 radical (unpaired) electrons. The summed E-state index contributed by atoms with van der Waals surface area (Å²) in [6.45, 7) is 0.0690. The summed E-state index contributed by atoms with van der Waals surface area (Å²) in [7, 11) is 0. The molecule has 0 aromatic heterocycles. The summed E-state index contributed by atoms with van der Waals surface area (Å²) in [5, 5.41) is 11.5. The molecule has 0 aliphatic heterocycles. The van der Waals surface area contributed by atoms with Crippen LogP contribution >= 0.6 is 15.9 Å². The fourth-order valence-corrected chi connectivity index (χ4v) is 2.46. The third kappa shape index (κ3) is 5.34. The Labute approximate surface area is 146 Å². The fourth-order valence-electron chi connectivity index (χ4n) is 2.06. The Morgan fingerprint density at radius 2 is 1.92 bits per heavy atom. The molecule has 0 unspecified atom stereocenters. The summed E-state index contributed by atoms with van der Waals surface area (Å²) in [6.07, 6.45) is -1.09. The van der Waals surface area contributed by atoms with Crippen molar-refractivity contribution in [1.82, 2.24) is 5.32 Å². The molecule has 2 N–H and O–H groups in total. The average Bonchev–Trinajstić information content (AvgIpc) is 2.55. The molecule has 0 saturated carbocycles. The molecule has 0 bridgehead atoms. The lowest BCUT2D eigenvalue weighted by molar-refractivity contribution is -0.137. The fraction of sp³-hybridized carbons (Fsp3) is 0.176. The number of halogens is 2. The van der Waals surface area contributed by atoms with Crippen LogP contribution in [0.1, 0.15) is 23.6 Å². The molecule has 2 aromatic rings. The lowest BCUT2D eigenvalue weighted by Gasteiger charge is -2.18. The Hall–Kier alpha value is -2.41. The number of carboxylic acid groups (broad SMARTS) is 1. The Morgan fingerprint density at radius 3 is 2.54 bits per heavy atom. The maximum Gasteiger partial charge on any atom is 0.407 e. The second-order valence-corrected chi connectivity index (χ2v) is 5.88. The van der Waals surface area contributed by atoms with E-state index in [1.807, 2.05) is 18.2 Å². The molecule has 2 aromatic carbocycles. The van der Waals surface area contributed by atoms with Gasteiger partial charge in [-0.05, 0) is 39.2 Å². The maximum absolute atomic E-state index is 13.3. The SMILES string of the molecule is O=C(O)C[C@H](NC(=O)OCc1ccccc1)c1ccc(F)c(Br)c1. The molecular formula is C17H15BrFNO4. The van der Waals surface area contributed by atoms with Gasteiger partial charge in [-0.3, -0.25) is 4.79 Å². The summed E-state index contributed by atoms with van der Waals surface area (Å²) in [5.41, 5.74) is 1.27. The minimum absolute atomic E-state index is 0.0690. The van der Waals surface area contributed by atoms with Crippen LogP contribution in [-0.2, 0) is 16.1 Å². The third-order valence-corrected chi connectivity index (χ3v) is 3.84. The number of hydrogen-bond acceptors (Lipinski definition) is 3. The highest BCUT2D eigenvalue weighted by Crippen LogP contribution is 2.23. The van der Waals surface area contributed by atoms with E-state index >= 15 is 0 Å². The van der Waals surface area contributed by atoms with Gasteiger partial charge in [0.2, 0.25) is 0 Å². The number of hydrogen-bond donors (Lipinski definition) is 2. The van der Waals surface area contributed by atoms with Gasteiger partial charge in [-0.15, -0.1) is 0 Å². The van der Waals surface area contributed by atoms with Gasteiger partial charge in [0.05, 0.1) is 16.9 Å². The lowest BCUT2D eigenvalue weighted by Crippen LogP contribution is -2.30. The predicted molar refractivity (Wildman–Crippen MR) is 88.9 cm³/mol. The first-order valence-electron chi connectivity index (χ1n) is 7.09. The highest BCUT2D eigenvalue weighted by Gasteiger charge is 2.20. The van der Waals surface area contributed by atoms with Gasteiger partial charge in [0, 0.05) is 0 Å². The van der Waals surface area contributed by atoms with Crippen molar-refractivity contribution < 1.29 is 23.8 Å². The zero-order chi connectivity index (χ0) is 17.5. The number of carbonyl (C=O) groups excluding carboxylic acids is 1. The molecule has 0 aliphatic carbocycles. The van der Waals surface area contributed by atoms with Gasteiger partial charge in [-0.25, -0.2) is 9.18 Å². The predicted octanol–water partition coefficient (Wildman–Crippen LogP) is 4.03. The van der Waals surface area contributed by atoms with Crippen LogP contribution in [0.4, 0.5) is 9.18 Å². The van der Waals surface area contributed by atoms with Gasteiger partial charge < -0.3 is 15.2 Å². The molecule has 126 valence electrons. The second-order valence-electron chi connectivity index (χ2n) is 5.03. The van der Waals surface area contributed by atoms with Crippen molar-refractivity contribution in [3.63, 3.8) is 0 Å². The highest BCUT2D eigenvalue weighted by atomic mass is 79.9. The molecule has 0 fully saturated rings. The van der Waals surface area contributed by atoms with E-state index in [1.54, 1.807) is 12.1 Å². The first-order valence-corrected chi connectivity index (χ1v) is 7.89. The number of carboxylic acids is 1. The van der Waals surface area contributed by atoms with E-state index in [4.69, 9.17) is 9.84 Å². The van der Waals surface area contributed by atoms with E-state index in [1.165, 1.54) is 18.2 Å². The summed E-state index contributed by atoms with van der Waals surface area (Å²) < 4.78 is 18.6. The van der Waals surface area contributed by atoms with Crippen LogP contribution in [0, 0.1) is 5.82 Å². The van der Waals surface area contributed by atoms with E-state index in [9.17, 15) is 14.0 Å². The molecule has 24 heavy (non-hydrogen) atoms.